The molecule has 134 valence electrons. The highest BCUT2D eigenvalue weighted by molar-refractivity contribution is 5.85. The van der Waals surface area contributed by atoms with Crippen molar-refractivity contribution in [3.05, 3.63) is 65.7 Å². The number of carbonyl (C=O) groups is 1. The van der Waals surface area contributed by atoms with Crippen LogP contribution in [0.25, 0.3) is 22.2 Å². The molecule has 1 N–H and O–H groups in total. The second kappa shape index (κ2) is 8.70. The second-order valence-electron chi connectivity index (χ2n) is 6.43. The molecule has 4 nitrogen and oxygen atoms in total. The highest BCUT2D eigenvalue weighted by atomic mass is 16.5. The number of nitrogens with zero attached hydrogens (tertiary/aromatic N) is 1. The smallest absolute Gasteiger partial charge is 0.134 e. The van der Waals surface area contributed by atoms with Crippen molar-refractivity contribution in [2.75, 3.05) is 20.3 Å². The number of Topliss-reactive ketones (excluding diaryl/α,β-unsaturated/α-hetero) is 1. The first-order chi connectivity index (χ1) is 12.7. The number of hydrogen-bond acceptors (Lipinski definition) is 4. The molecule has 0 atom stereocenters. The topological polar surface area (TPSA) is 51.2 Å². The molecule has 0 aliphatic carbocycles. The Hall–Kier alpha value is -2.56. The fraction of sp³-hybridized carbons (Fsp3) is 0.273. The lowest BCUT2D eigenvalue weighted by Gasteiger charge is -2.11. The Morgan fingerprint density at radius 2 is 1.88 bits per heavy atom. The fourth-order valence-corrected chi connectivity index (χ4v) is 3.02. The summed E-state index contributed by atoms with van der Waals surface area (Å²) in [5, 5.41) is 4.58. The summed E-state index contributed by atoms with van der Waals surface area (Å²) in [6, 6.07) is 18.4. The predicted octanol–water partition coefficient (Wildman–Crippen LogP) is 3.77. The third kappa shape index (κ3) is 4.54. The van der Waals surface area contributed by atoms with Gasteiger partial charge in [0.15, 0.2) is 0 Å². The molecular weight excluding hydrogens is 324 g/mol. The first-order valence-electron chi connectivity index (χ1n) is 8.84. The molecule has 26 heavy (non-hydrogen) atoms. The summed E-state index contributed by atoms with van der Waals surface area (Å²) in [4.78, 5) is 16.1. The monoisotopic (exact) mass is 348 g/mol. The van der Waals surface area contributed by atoms with Crippen LogP contribution < -0.4 is 5.32 Å². The zero-order chi connectivity index (χ0) is 18.4. The number of aromatic nitrogens is 1. The Morgan fingerprint density at radius 3 is 2.62 bits per heavy atom. The Kier molecular flexibility index (Phi) is 6.10. The number of carbonyl (C=O) groups excluding carboxylic acids is 1. The first kappa shape index (κ1) is 18.2. The zero-order valence-electron chi connectivity index (χ0n) is 15.3. The van der Waals surface area contributed by atoms with Gasteiger partial charge in [-0.15, -0.1) is 0 Å². The lowest BCUT2D eigenvalue weighted by Crippen LogP contribution is -2.18. The van der Waals surface area contributed by atoms with Crippen molar-refractivity contribution in [1.29, 1.82) is 0 Å². The molecule has 3 aromatic rings. The van der Waals surface area contributed by atoms with E-state index in [1.807, 2.05) is 42.5 Å². The van der Waals surface area contributed by atoms with Crippen molar-refractivity contribution >= 4 is 16.7 Å². The number of methoxy groups -OCH3 is 1. The molecule has 0 bridgehead atoms. The van der Waals surface area contributed by atoms with Crippen LogP contribution in [0.5, 0.6) is 0 Å². The average molecular weight is 348 g/mol. The van der Waals surface area contributed by atoms with Crippen molar-refractivity contribution in [2.24, 2.45) is 0 Å². The van der Waals surface area contributed by atoms with Gasteiger partial charge in [-0.2, -0.15) is 0 Å². The minimum absolute atomic E-state index is 0.172. The summed E-state index contributed by atoms with van der Waals surface area (Å²) in [6.07, 6.45) is 0.472. The van der Waals surface area contributed by atoms with Crippen molar-refractivity contribution in [2.45, 2.75) is 19.9 Å². The Bertz CT molecular complexity index is 888. The lowest BCUT2D eigenvalue weighted by molar-refractivity contribution is -0.116. The molecule has 0 saturated carbocycles. The van der Waals surface area contributed by atoms with E-state index in [-0.39, 0.29) is 5.78 Å². The van der Waals surface area contributed by atoms with Crippen LogP contribution in [0.2, 0.25) is 0 Å². The van der Waals surface area contributed by atoms with Crippen LogP contribution in [-0.4, -0.2) is 31.0 Å². The number of para-hydroxylation sites is 1. The van der Waals surface area contributed by atoms with Gasteiger partial charge in [-0.1, -0.05) is 42.5 Å². The molecule has 2 aromatic carbocycles. The van der Waals surface area contributed by atoms with Gasteiger partial charge >= 0.3 is 0 Å². The van der Waals surface area contributed by atoms with Crippen molar-refractivity contribution < 1.29 is 9.53 Å². The highest BCUT2D eigenvalue weighted by Crippen LogP contribution is 2.25. The number of benzene rings is 2. The van der Waals surface area contributed by atoms with E-state index in [9.17, 15) is 4.79 Å². The third-order valence-electron chi connectivity index (χ3n) is 4.30. The van der Waals surface area contributed by atoms with Gasteiger partial charge in [-0.3, -0.25) is 4.79 Å². The second-order valence-corrected chi connectivity index (χ2v) is 6.43. The summed E-state index contributed by atoms with van der Waals surface area (Å²) in [6.45, 7) is 3.87. The van der Waals surface area contributed by atoms with Crippen LogP contribution in [0.1, 0.15) is 18.1 Å². The molecule has 0 amide bonds. The third-order valence-corrected chi connectivity index (χ3v) is 4.30. The maximum Gasteiger partial charge on any atom is 0.134 e. The van der Waals surface area contributed by atoms with Crippen LogP contribution in [0, 0.1) is 0 Å². The van der Waals surface area contributed by atoms with E-state index in [4.69, 9.17) is 9.72 Å². The first-order valence-corrected chi connectivity index (χ1v) is 8.84. The standard InChI is InChI=1S/C22H24N2O2/c1-16(25)13-17-7-9-18(10-8-17)22-14-19(15-23-11-12-26-2)20-5-3-4-6-21(20)24-22/h3-10,14,23H,11-13,15H2,1-2H3. The summed E-state index contributed by atoms with van der Waals surface area (Å²) < 4.78 is 5.10. The van der Waals surface area contributed by atoms with Gasteiger partial charge in [-0.05, 0) is 30.2 Å². The highest BCUT2D eigenvalue weighted by Gasteiger charge is 2.08. The van der Waals surface area contributed by atoms with Gasteiger partial charge in [0.1, 0.15) is 5.78 Å². The van der Waals surface area contributed by atoms with Gasteiger partial charge < -0.3 is 10.1 Å². The number of pyridine rings is 1. The van der Waals surface area contributed by atoms with Crippen molar-refractivity contribution in [1.82, 2.24) is 10.3 Å². The van der Waals surface area contributed by atoms with Crippen LogP contribution in [0.15, 0.2) is 54.6 Å². The van der Waals surface area contributed by atoms with E-state index < -0.39 is 0 Å². The molecule has 0 fully saturated rings. The zero-order valence-corrected chi connectivity index (χ0v) is 15.3. The van der Waals surface area contributed by atoms with Gasteiger partial charge in [0.25, 0.3) is 0 Å². The van der Waals surface area contributed by atoms with E-state index in [2.05, 4.69) is 17.4 Å². The van der Waals surface area contributed by atoms with E-state index in [1.165, 1.54) is 5.56 Å². The van der Waals surface area contributed by atoms with Crippen LogP contribution in [0.4, 0.5) is 0 Å². The number of rotatable bonds is 8. The number of hydrogen-bond donors (Lipinski definition) is 1. The van der Waals surface area contributed by atoms with Gasteiger partial charge in [-0.25, -0.2) is 4.98 Å². The quantitative estimate of drug-likeness (QED) is 0.630. The Labute approximate surface area is 154 Å². The number of nitrogens with one attached hydrogen (secondary N) is 1. The number of ketones is 1. The minimum Gasteiger partial charge on any atom is -0.383 e. The molecule has 0 aliphatic rings. The average Bonchev–Trinajstić information content (AvgIpc) is 2.65. The molecule has 0 spiro atoms. The number of ether oxygens (including phenoxy) is 1. The van der Waals surface area contributed by atoms with Crippen LogP contribution >= 0.6 is 0 Å². The summed E-state index contributed by atoms with van der Waals surface area (Å²) in [5.74, 6) is 0.172. The maximum absolute atomic E-state index is 11.3. The molecule has 3 rings (SSSR count). The molecule has 0 radical (unpaired) electrons. The van der Waals surface area contributed by atoms with Crippen LogP contribution in [-0.2, 0) is 22.5 Å². The predicted molar refractivity (Wildman–Crippen MR) is 105 cm³/mol. The van der Waals surface area contributed by atoms with E-state index in [0.717, 1.165) is 40.8 Å². The Balaban J connectivity index is 1.91. The van der Waals surface area contributed by atoms with Gasteiger partial charge in [0.2, 0.25) is 0 Å². The van der Waals surface area contributed by atoms with Crippen molar-refractivity contribution in [3.63, 3.8) is 0 Å². The summed E-state index contributed by atoms with van der Waals surface area (Å²) in [7, 11) is 1.71. The minimum atomic E-state index is 0.172. The SMILES string of the molecule is COCCNCc1cc(-c2ccc(CC(C)=O)cc2)nc2ccccc12. The van der Waals surface area contributed by atoms with E-state index in [0.29, 0.717) is 13.0 Å². The van der Waals surface area contributed by atoms with Crippen molar-refractivity contribution in [3.8, 4) is 11.3 Å². The van der Waals surface area contributed by atoms with E-state index >= 15 is 0 Å². The molecule has 0 aliphatic heterocycles. The summed E-state index contributed by atoms with van der Waals surface area (Å²) >= 11 is 0. The fourth-order valence-electron chi connectivity index (χ4n) is 3.02. The normalized spacial score (nSPS) is 11.0. The molecular formula is C22H24N2O2. The molecule has 1 heterocycles. The number of fused-ring (bicyclic) bond motifs is 1. The molecule has 0 saturated heterocycles. The van der Waals surface area contributed by atoms with Gasteiger partial charge in [0, 0.05) is 37.6 Å². The van der Waals surface area contributed by atoms with E-state index in [1.54, 1.807) is 14.0 Å². The molecule has 1 aromatic heterocycles. The van der Waals surface area contributed by atoms with Gasteiger partial charge in [0.05, 0.1) is 17.8 Å². The largest absolute Gasteiger partial charge is 0.383 e. The lowest BCUT2D eigenvalue weighted by atomic mass is 10.0. The van der Waals surface area contributed by atoms with Crippen LogP contribution in [0.3, 0.4) is 0 Å². The molecule has 0 unspecified atom stereocenters. The maximum atomic E-state index is 11.3. The molecule has 4 heteroatoms. The Morgan fingerprint density at radius 1 is 1.12 bits per heavy atom. The summed E-state index contributed by atoms with van der Waals surface area (Å²) in [5.41, 5.74) is 5.24.